The Kier molecular flexibility index (Phi) is 6.55. The molecule has 0 saturated carbocycles. The van der Waals surface area contributed by atoms with Gasteiger partial charge < -0.3 is 10.3 Å². The number of nitrogens with zero attached hydrogens (tertiary/aromatic N) is 4. The number of rotatable bonds is 7. The van der Waals surface area contributed by atoms with Crippen LogP contribution in [0.3, 0.4) is 0 Å². The van der Waals surface area contributed by atoms with E-state index in [1.807, 2.05) is 48.5 Å². The van der Waals surface area contributed by atoms with Gasteiger partial charge in [-0.25, -0.2) is 14.4 Å². The highest BCUT2D eigenvalue weighted by atomic mass is 32.1. The number of H-pyrrole nitrogens is 2. The number of aromatic amines is 2. The summed E-state index contributed by atoms with van der Waals surface area (Å²) < 4.78 is 15.3. The van der Waals surface area contributed by atoms with Crippen molar-refractivity contribution in [1.82, 2.24) is 30.1 Å². The number of benzene rings is 2. The molecule has 1 amide bonds. The molecule has 5 aromatic heterocycles. The third-order valence-electron chi connectivity index (χ3n) is 7.02. The number of hydrogen-bond donors (Lipinski definition) is 3. The first-order valence-corrected chi connectivity index (χ1v) is 14.2. The number of aromatic nitrogens is 6. The first-order valence-electron chi connectivity index (χ1n) is 13.4. The zero-order valence-electron chi connectivity index (χ0n) is 22.7. The maximum absolute atomic E-state index is 15.3. The molecule has 43 heavy (non-hydrogen) atoms. The molecule has 0 aliphatic heterocycles. The fourth-order valence-corrected chi connectivity index (χ4v) is 5.91. The standard InChI is InChI=1S/C32H22FN7O2S/c1-17(41)25-7-8-26(43-25)22-9-10-35-31-29(22)37-32(38-31)30-23-13-19(14-24(33)28(23)39-40-30)20-12-21(16-34-15-20)36-27(42)11-18-5-3-2-4-6-18/h2-10,12-16H,11H2,1H3,(H,36,42)(H,39,40)(H,35,37,38). The van der Waals surface area contributed by atoms with E-state index in [4.69, 9.17) is 0 Å². The zero-order chi connectivity index (χ0) is 29.5. The summed E-state index contributed by atoms with van der Waals surface area (Å²) in [5.74, 6) is -0.248. The summed E-state index contributed by atoms with van der Waals surface area (Å²) in [6.45, 7) is 1.54. The molecule has 0 spiro atoms. The summed E-state index contributed by atoms with van der Waals surface area (Å²) in [6, 6.07) is 20.0. The number of Topliss-reactive ketones (excluding diaryl/α,β-unsaturated/α-hetero) is 1. The Balaban J connectivity index is 1.23. The minimum absolute atomic E-state index is 0.00362. The van der Waals surface area contributed by atoms with Gasteiger partial charge in [0.25, 0.3) is 0 Å². The molecule has 7 aromatic rings. The minimum Gasteiger partial charge on any atom is -0.335 e. The van der Waals surface area contributed by atoms with Gasteiger partial charge in [0.1, 0.15) is 11.2 Å². The van der Waals surface area contributed by atoms with Gasteiger partial charge in [0.15, 0.2) is 23.1 Å². The zero-order valence-corrected chi connectivity index (χ0v) is 23.5. The molecule has 2 aromatic carbocycles. The quantitative estimate of drug-likeness (QED) is 0.176. The van der Waals surface area contributed by atoms with Crippen molar-refractivity contribution >= 4 is 50.8 Å². The van der Waals surface area contributed by atoms with Crippen LogP contribution in [-0.4, -0.2) is 41.8 Å². The minimum atomic E-state index is -0.515. The monoisotopic (exact) mass is 587 g/mol. The van der Waals surface area contributed by atoms with Gasteiger partial charge in [-0.2, -0.15) is 5.10 Å². The normalized spacial score (nSPS) is 11.3. The lowest BCUT2D eigenvalue weighted by molar-refractivity contribution is -0.115. The van der Waals surface area contributed by atoms with Crippen molar-refractivity contribution in [3.8, 4) is 33.1 Å². The van der Waals surface area contributed by atoms with Crippen LogP contribution in [0.4, 0.5) is 10.1 Å². The summed E-state index contributed by atoms with van der Waals surface area (Å²) >= 11 is 1.40. The molecule has 0 unspecified atom stereocenters. The molecule has 5 heterocycles. The Hall–Kier alpha value is -5.55. The molecule has 3 N–H and O–H groups in total. The predicted octanol–water partition coefficient (Wildman–Crippen LogP) is 6.81. The second-order valence-electron chi connectivity index (χ2n) is 9.99. The van der Waals surface area contributed by atoms with Crippen LogP contribution in [0.15, 0.2) is 85.3 Å². The van der Waals surface area contributed by atoms with E-state index in [0.29, 0.717) is 49.8 Å². The summed E-state index contributed by atoms with van der Waals surface area (Å²) in [5.41, 5.74) is 5.27. The molecule has 0 aliphatic rings. The van der Waals surface area contributed by atoms with Crippen molar-refractivity contribution < 1.29 is 14.0 Å². The maximum atomic E-state index is 15.3. The van der Waals surface area contributed by atoms with Gasteiger partial charge in [-0.15, -0.1) is 11.3 Å². The Morgan fingerprint density at radius 2 is 1.86 bits per heavy atom. The van der Waals surface area contributed by atoms with Crippen molar-refractivity contribution in [2.75, 3.05) is 5.32 Å². The average Bonchev–Trinajstić information content (AvgIpc) is 3.76. The number of pyridine rings is 2. The van der Waals surface area contributed by atoms with Crippen LogP contribution in [0.25, 0.3) is 55.2 Å². The second kappa shape index (κ2) is 10.7. The van der Waals surface area contributed by atoms with Gasteiger partial charge in [0.2, 0.25) is 5.91 Å². The second-order valence-corrected chi connectivity index (χ2v) is 11.1. The lowest BCUT2D eigenvalue weighted by Gasteiger charge is -2.08. The molecule has 9 nitrogen and oxygen atoms in total. The van der Waals surface area contributed by atoms with Gasteiger partial charge in [-0.05, 0) is 54.4 Å². The molecule has 210 valence electrons. The number of hydrogen-bond acceptors (Lipinski definition) is 7. The molecular formula is C32H22FN7O2S. The number of nitrogens with one attached hydrogen (secondary N) is 3. The molecule has 0 radical (unpaired) electrons. The third kappa shape index (κ3) is 5.06. The number of amides is 1. The number of halogens is 1. The van der Waals surface area contributed by atoms with Crippen LogP contribution in [0.2, 0.25) is 0 Å². The highest BCUT2D eigenvalue weighted by Crippen LogP contribution is 2.36. The molecule has 0 saturated heterocycles. The van der Waals surface area contributed by atoms with Crippen LogP contribution >= 0.6 is 11.3 Å². The molecule has 7 rings (SSSR count). The van der Waals surface area contributed by atoms with E-state index in [2.05, 4.69) is 35.5 Å². The van der Waals surface area contributed by atoms with E-state index in [1.54, 1.807) is 30.7 Å². The lowest BCUT2D eigenvalue weighted by Crippen LogP contribution is -2.14. The predicted molar refractivity (Wildman–Crippen MR) is 164 cm³/mol. The SMILES string of the molecule is CC(=O)c1ccc(-c2ccnc3nc(-c4[nH]nc5c(F)cc(-c6cncc(NC(=O)Cc7ccccc7)c6)cc45)[nH]c23)s1. The van der Waals surface area contributed by atoms with Gasteiger partial charge >= 0.3 is 0 Å². The number of imidazole rings is 1. The number of anilines is 1. The topological polar surface area (TPSA) is 129 Å². The van der Waals surface area contributed by atoms with Crippen molar-refractivity contribution in [2.24, 2.45) is 0 Å². The van der Waals surface area contributed by atoms with Gasteiger partial charge in [-0.3, -0.25) is 19.7 Å². The van der Waals surface area contributed by atoms with E-state index in [-0.39, 0.29) is 23.6 Å². The summed E-state index contributed by atoms with van der Waals surface area (Å²) in [7, 11) is 0. The summed E-state index contributed by atoms with van der Waals surface area (Å²) in [5, 5.41) is 10.5. The van der Waals surface area contributed by atoms with Crippen molar-refractivity contribution in [3.63, 3.8) is 0 Å². The number of carbonyl (C=O) groups is 2. The third-order valence-corrected chi connectivity index (χ3v) is 8.24. The Bertz CT molecular complexity index is 2170. The highest BCUT2D eigenvalue weighted by Gasteiger charge is 2.19. The molecule has 0 bridgehead atoms. The number of carbonyl (C=O) groups excluding carboxylic acids is 2. The largest absolute Gasteiger partial charge is 0.335 e. The highest BCUT2D eigenvalue weighted by molar-refractivity contribution is 7.17. The van der Waals surface area contributed by atoms with Crippen molar-refractivity contribution in [3.05, 3.63) is 102 Å². The van der Waals surface area contributed by atoms with Crippen LogP contribution in [-0.2, 0) is 11.2 Å². The van der Waals surface area contributed by atoms with Crippen LogP contribution in [0.5, 0.6) is 0 Å². The average molecular weight is 588 g/mol. The van der Waals surface area contributed by atoms with Crippen molar-refractivity contribution in [1.29, 1.82) is 0 Å². The Morgan fingerprint density at radius 1 is 1.00 bits per heavy atom. The van der Waals surface area contributed by atoms with Gasteiger partial charge in [0.05, 0.1) is 28.7 Å². The van der Waals surface area contributed by atoms with E-state index >= 15 is 4.39 Å². The Morgan fingerprint density at radius 3 is 2.67 bits per heavy atom. The first kappa shape index (κ1) is 26.4. The maximum Gasteiger partial charge on any atom is 0.228 e. The van der Waals surface area contributed by atoms with Gasteiger partial charge in [0, 0.05) is 33.8 Å². The fraction of sp³-hybridized carbons (Fsp3) is 0.0625. The smallest absolute Gasteiger partial charge is 0.228 e. The van der Waals surface area contributed by atoms with Crippen LogP contribution in [0.1, 0.15) is 22.2 Å². The number of fused-ring (bicyclic) bond motifs is 2. The Labute approximate surface area is 247 Å². The molecule has 0 atom stereocenters. The molecule has 0 aliphatic carbocycles. The lowest BCUT2D eigenvalue weighted by atomic mass is 10.0. The van der Waals surface area contributed by atoms with Gasteiger partial charge in [-0.1, -0.05) is 30.3 Å². The molecule has 11 heteroatoms. The first-order chi connectivity index (χ1) is 20.9. The molecular weight excluding hydrogens is 565 g/mol. The number of ketones is 1. The van der Waals surface area contributed by atoms with E-state index in [1.165, 1.54) is 24.3 Å². The van der Waals surface area contributed by atoms with E-state index in [0.717, 1.165) is 16.0 Å². The van der Waals surface area contributed by atoms with Crippen LogP contribution < -0.4 is 5.32 Å². The van der Waals surface area contributed by atoms with E-state index in [9.17, 15) is 9.59 Å². The van der Waals surface area contributed by atoms with Crippen molar-refractivity contribution in [2.45, 2.75) is 13.3 Å². The van der Waals surface area contributed by atoms with Crippen LogP contribution in [0, 0.1) is 5.82 Å². The number of thiophene rings is 1. The van der Waals surface area contributed by atoms with E-state index < -0.39 is 5.82 Å². The molecule has 0 fully saturated rings. The fourth-order valence-electron chi connectivity index (χ4n) is 4.98. The summed E-state index contributed by atoms with van der Waals surface area (Å²) in [4.78, 5) is 42.7. The summed E-state index contributed by atoms with van der Waals surface area (Å²) in [6.07, 6.45) is 5.05.